The summed E-state index contributed by atoms with van der Waals surface area (Å²) in [7, 11) is 2.25. The Morgan fingerprint density at radius 3 is 2.17 bits per heavy atom. The predicted molar refractivity (Wildman–Crippen MR) is 124 cm³/mol. The lowest BCUT2D eigenvalue weighted by atomic mass is 10.1. The fraction of sp³-hybridized carbons (Fsp3) is 0.192. The molecule has 4 nitrogen and oxygen atoms in total. The van der Waals surface area contributed by atoms with E-state index >= 15 is 0 Å². The van der Waals surface area contributed by atoms with E-state index in [0.717, 1.165) is 31.9 Å². The van der Waals surface area contributed by atoms with Gasteiger partial charge in [0, 0.05) is 16.6 Å². The van der Waals surface area contributed by atoms with Crippen molar-refractivity contribution in [2.24, 2.45) is 5.10 Å². The maximum atomic E-state index is 4.91. The van der Waals surface area contributed by atoms with Gasteiger partial charge in [-0.2, -0.15) is 5.10 Å². The summed E-state index contributed by atoms with van der Waals surface area (Å²) in [6.45, 7) is 4.27. The number of likely N-dealkylation sites (N-methyl/N-ethyl adjacent to an activating group) is 1. The van der Waals surface area contributed by atoms with E-state index in [9.17, 15) is 0 Å². The minimum absolute atomic E-state index is 1.00. The van der Waals surface area contributed by atoms with E-state index < -0.39 is 0 Å². The summed E-state index contributed by atoms with van der Waals surface area (Å²) in [5.41, 5.74) is 5.92. The number of fused-ring (bicyclic) bond motifs is 1. The van der Waals surface area contributed by atoms with Crippen LogP contribution in [0.15, 0.2) is 90.0 Å². The standard InChI is InChI=1S/C26H26N4/c1-28-16-18-29(19-17-28)27-20-24-23-14-8-9-15-25(23)30(22-12-6-3-7-13-22)26(24)21-10-4-2-5-11-21/h2-15,20H,16-19H2,1H3/p+1/b27-20-. The molecule has 4 aromatic rings. The lowest BCUT2D eigenvalue weighted by Crippen LogP contribution is -3.11. The van der Waals surface area contributed by atoms with Crippen LogP contribution in [0, 0.1) is 0 Å². The van der Waals surface area contributed by atoms with Gasteiger partial charge in [0.05, 0.1) is 50.7 Å². The van der Waals surface area contributed by atoms with Crippen molar-refractivity contribution in [2.45, 2.75) is 0 Å². The number of aromatic nitrogens is 1. The first kappa shape index (κ1) is 18.6. The van der Waals surface area contributed by atoms with E-state index in [2.05, 4.69) is 108 Å². The van der Waals surface area contributed by atoms with Crippen molar-refractivity contribution in [1.82, 2.24) is 9.58 Å². The van der Waals surface area contributed by atoms with Crippen LogP contribution in [-0.4, -0.2) is 49.0 Å². The first-order valence-corrected chi connectivity index (χ1v) is 10.7. The minimum atomic E-state index is 1.00. The predicted octanol–water partition coefficient (Wildman–Crippen LogP) is 3.46. The zero-order chi connectivity index (χ0) is 20.3. The van der Waals surface area contributed by atoms with Gasteiger partial charge in [-0.3, -0.25) is 5.01 Å². The van der Waals surface area contributed by atoms with Gasteiger partial charge in [-0.1, -0.05) is 66.7 Å². The number of hydrogen-bond acceptors (Lipinski definition) is 2. The van der Waals surface area contributed by atoms with Crippen LogP contribution >= 0.6 is 0 Å². The van der Waals surface area contributed by atoms with E-state index in [-0.39, 0.29) is 0 Å². The fourth-order valence-electron chi connectivity index (χ4n) is 4.25. The molecular weight excluding hydrogens is 368 g/mol. The summed E-state index contributed by atoms with van der Waals surface area (Å²) in [5.74, 6) is 0. The smallest absolute Gasteiger partial charge is 0.0964 e. The van der Waals surface area contributed by atoms with Gasteiger partial charge >= 0.3 is 0 Å². The van der Waals surface area contributed by atoms with Crippen LogP contribution in [0.2, 0.25) is 0 Å². The molecule has 1 fully saturated rings. The van der Waals surface area contributed by atoms with Crippen molar-refractivity contribution >= 4 is 17.1 Å². The molecule has 0 aliphatic carbocycles. The monoisotopic (exact) mass is 395 g/mol. The van der Waals surface area contributed by atoms with Gasteiger partial charge in [-0.05, 0) is 23.8 Å². The molecule has 1 saturated heterocycles. The first-order valence-electron chi connectivity index (χ1n) is 10.7. The number of benzene rings is 3. The van der Waals surface area contributed by atoms with Crippen molar-refractivity contribution in [3.63, 3.8) is 0 Å². The van der Waals surface area contributed by atoms with Crippen LogP contribution in [0.3, 0.4) is 0 Å². The highest BCUT2D eigenvalue weighted by Crippen LogP contribution is 2.35. The molecule has 0 atom stereocenters. The van der Waals surface area contributed by atoms with Crippen LogP contribution in [0.1, 0.15) is 5.56 Å². The Hall–Kier alpha value is -3.37. The second-order valence-corrected chi connectivity index (χ2v) is 7.97. The van der Waals surface area contributed by atoms with Gasteiger partial charge in [-0.15, -0.1) is 0 Å². The Morgan fingerprint density at radius 2 is 1.43 bits per heavy atom. The third-order valence-corrected chi connectivity index (χ3v) is 5.92. The molecule has 2 heterocycles. The van der Waals surface area contributed by atoms with Crippen LogP contribution in [-0.2, 0) is 0 Å². The Balaban J connectivity index is 1.71. The van der Waals surface area contributed by atoms with E-state index in [1.54, 1.807) is 4.90 Å². The zero-order valence-corrected chi connectivity index (χ0v) is 17.3. The minimum Gasteiger partial charge on any atom is -0.334 e. The number of para-hydroxylation sites is 2. The molecule has 1 aliphatic rings. The van der Waals surface area contributed by atoms with Crippen molar-refractivity contribution in [1.29, 1.82) is 0 Å². The highest BCUT2D eigenvalue weighted by atomic mass is 15.5. The molecule has 1 N–H and O–H groups in total. The Morgan fingerprint density at radius 1 is 0.800 bits per heavy atom. The molecule has 0 bridgehead atoms. The molecule has 150 valence electrons. The quantitative estimate of drug-likeness (QED) is 0.526. The molecule has 3 aromatic carbocycles. The maximum absolute atomic E-state index is 4.91. The third kappa shape index (κ3) is 3.51. The summed E-state index contributed by atoms with van der Waals surface area (Å²) in [6, 6.07) is 29.9. The van der Waals surface area contributed by atoms with Gasteiger partial charge in [0.1, 0.15) is 0 Å². The third-order valence-electron chi connectivity index (χ3n) is 5.92. The van der Waals surface area contributed by atoms with Crippen molar-refractivity contribution in [3.8, 4) is 16.9 Å². The number of rotatable bonds is 4. The largest absolute Gasteiger partial charge is 0.334 e. The van der Waals surface area contributed by atoms with Crippen LogP contribution in [0.5, 0.6) is 0 Å². The van der Waals surface area contributed by atoms with E-state index in [1.165, 1.54) is 27.7 Å². The van der Waals surface area contributed by atoms with Crippen molar-refractivity contribution in [2.75, 3.05) is 33.2 Å². The van der Waals surface area contributed by atoms with Crippen molar-refractivity contribution in [3.05, 3.63) is 90.5 Å². The van der Waals surface area contributed by atoms with E-state index in [1.807, 2.05) is 0 Å². The van der Waals surface area contributed by atoms with E-state index in [0.29, 0.717) is 0 Å². The van der Waals surface area contributed by atoms with Crippen LogP contribution < -0.4 is 4.90 Å². The number of quaternary nitrogens is 1. The molecule has 0 spiro atoms. The molecule has 0 radical (unpaired) electrons. The number of hydrazone groups is 1. The highest BCUT2D eigenvalue weighted by Gasteiger charge is 2.19. The van der Waals surface area contributed by atoms with Gasteiger partial charge in [0.15, 0.2) is 0 Å². The zero-order valence-electron chi connectivity index (χ0n) is 17.3. The molecule has 0 saturated carbocycles. The summed E-state index contributed by atoms with van der Waals surface area (Å²) >= 11 is 0. The molecule has 0 amide bonds. The first-order chi connectivity index (χ1) is 14.8. The van der Waals surface area contributed by atoms with E-state index in [4.69, 9.17) is 5.10 Å². The second-order valence-electron chi connectivity index (χ2n) is 7.97. The molecule has 1 aromatic heterocycles. The Labute approximate surface area is 177 Å². The highest BCUT2D eigenvalue weighted by molar-refractivity contribution is 6.07. The fourth-order valence-corrected chi connectivity index (χ4v) is 4.25. The summed E-state index contributed by atoms with van der Waals surface area (Å²) < 4.78 is 2.36. The summed E-state index contributed by atoms with van der Waals surface area (Å²) in [6.07, 6.45) is 2.07. The SMILES string of the molecule is C[NH+]1CCN(/N=C\c2c(-c3ccccc3)n(-c3ccccc3)c3ccccc23)CC1. The van der Waals surface area contributed by atoms with Gasteiger partial charge in [0.2, 0.25) is 0 Å². The number of nitrogens with zero attached hydrogens (tertiary/aromatic N) is 3. The number of nitrogens with one attached hydrogen (secondary N) is 1. The molecule has 30 heavy (non-hydrogen) atoms. The van der Waals surface area contributed by atoms with Gasteiger partial charge in [0.25, 0.3) is 0 Å². The number of hydrogen-bond donors (Lipinski definition) is 1. The van der Waals surface area contributed by atoms with Crippen molar-refractivity contribution < 1.29 is 4.90 Å². The average molecular weight is 396 g/mol. The Kier molecular flexibility index (Phi) is 5.08. The molecular formula is C26H27N4+. The molecule has 1 aliphatic heterocycles. The lowest BCUT2D eigenvalue weighted by Gasteiger charge is -2.27. The average Bonchev–Trinajstić information content (AvgIpc) is 3.14. The summed E-state index contributed by atoms with van der Waals surface area (Å²) in [4.78, 5) is 1.58. The molecule has 4 heteroatoms. The Bertz CT molecular complexity index is 1150. The normalized spacial score (nSPS) is 15.3. The lowest BCUT2D eigenvalue weighted by molar-refractivity contribution is -0.884. The molecule has 0 unspecified atom stereocenters. The van der Waals surface area contributed by atoms with Crippen LogP contribution in [0.4, 0.5) is 0 Å². The second kappa shape index (κ2) is 8.17. The van der Waals surface area contributed by atoms with Gasteiger partial charge < -0.3 is 9.47 Å². The van der Waals surface area contributed by atoms with Gasteiger partial charge in [-0.25, -0.2) is 0 Å². The molecule has 5 rings (SSSR count). The maximum Gasteiger partial charge on any atom is 0.0964 e. The topological polar surface area (TPSA) is 25.0 Å². The summed E-state index contributed by atoms with van der Waals surface area (Å²) in [5, 5.41) is 8.34. The number of piperazine rings is 1. The van der Waals surface area contributed by atoms with Crippen LogP contribution in [0.25, 0.3) is 27.8 Å².